The highest BCUT2D eigenvalue weighted by atomic mass is 32.2. The molecule has 1 fully saturated rings. The van der Waals surface area contributed by atoms with E-state index in [1.165, 1.54) is 18.6 Å². The second-order valence-electron chi connectivity index (χ2n) is 4.97. The molecule has 0 saturated carbocycles. The van der Waals surface area contributed by atoms with Gasteiger partial charge in [-0.2, -0.15) is 16.7 Å². The van der Waals surface area contributed by atoms with Crippen molar-refractivity contribution >= 4 is 34.6 Å². The maximum atomic E-state index is 5.86. The van der Waals surface area contributed by atoms with E-state index >= 15 is 0 Å². The minimum Gasteiger partial charge on any atom is -0.423 e. The van der Waals surface area contributed by atoms with Gasteiger partial charge in [0.25, 0.3) is 6.01 Å². The topological polar surface area (TPSA) is 64.1 Å². The van der Waals surface area contributed by atoms with Crippen LogP contribution in [0.2, 0.25) is 0 Å². The number of benzene rings is 1. The zero-order valence-electron chi connectivity index (χ0n) is 10.4. The molecule has 0 spiro atoms. The number of oxazole rings is 1. The summed E-state index contributed by atoms with van der Waals surface area (Å²) in [6.07, 6.45) is 2.54. The second-order valence-corrected chi connectivity index (χ2v) is 6.65. The number of hydrogen-bond donors (Lipinski definition) is 2. The minimum atomic E-state index is 0.298. The first-order chi connectivity index (χ1) is 8.66. The van der Waals surface area contributed by atoms with E-state index in [0.29, 0.717) is 16.4 Å². The van der Waals surface area contributed by atoms with Gasteiger partial charge in [-0.3, -0.25) is 0 Å². The van der Waals surface area contributed by atoms with Crippen LogP contribution in [0, 0.1) is 0 Å². The number of nitrogens with zero attached hydrogens (tertiary/aromatic N) is 1. The lowest BCUT2D eigenvalue weighted by Crippen LogP contribution is -2.27. The molecule has 0 radical (unpaired) electrons. The average molecular weight is 263 g/mol. The molecule has 3 rings (SSSR count). The van der Waals surface area contributed by atoms with Gasteiger partial charge in [0.2, 0.25) is 0 Å². The quantitative estimate of drug-likeness (QED) is 0.833. The van der Waals surface area contributed by atoms with Gasteiger partial charge in [0.05, 0.1) is 5.69 Å². The SMILES string of the molecule is CC1(CNc2nc3c(N)cccc3o2)CCCS1. The van der Waals surface area contributed by atoms with Crippen LogP contribution < -0.4 is 11.1 Å². The molecular weight excluding hydrogens is 246 g/mol. The highest BCUT2D eigenvalue weighted by Crippen LogP contribution is 2.37. The molecule has 0 aliphatic carbocycles. The molecule has 1 unspecified atom stereocenters. The van der Waals surface area contributed by atoms with Crippen molar-refractivity contribution in [3.8, 4) is 0 Å². The summed E-state index contributed by atoms with van der Waals surface area (Å²) in [5.74, 6) is 1.25. The zero-order valence-corrected chi connectivity index (χ0v) is 11.2. The Bertz CT molecular complexity index is 560. The summed E-state index contributed by atoms with van der Waals surface area (Å²) in [4.78, 5) is 4.39. The lowest BCUT2D eigenvalue weighted by Gasteiger charge is -2.21. The maximum absolute atomic E-state index is 5.86. The number of para-hydroxylation sites is 1. The van der Waals surface area contributed by atoms with Crippen LogP contribution in [0.1, 0.15) is 19.8 Å². The number of thioether (sulfide) groups is 1. The summed E-state index contributed by atoms with van der Waals surface area (Å²) in [5, 5.41) is 3.29. The lowest BCUT2D eigenvalue weighted by atomic mass is 10.1. The Balaban J connectivity index is 1.77. The van der Waals surface area contributed by atoms with E-state index in [1.54, 1.807) is 0 Å². The number of nitrogens with two attached hydrogens (primary N) is 1. The second kappa shape index (κ2) is 4.39. The van der Waals surface area contributed by atoms with E-state index in [1.807, 2.05) is 30.0 Å². The van der Waals surface area contributed by atoms with Crippen LogP contribution in [-0.2, 0) is 0 Å². The summed E-state index contributed by atoms with van der Waals surface area (Å²) < 4.78 is 5.94. The van der Waals surface area contributed by atoms with Gasteiger partial charge in [-0.05, 0) is 37.7 Å². The summed E-state index contributed by atoms with van der Waals surface area (Å²) in [6, 6.07) is 6.16. The van der Waals surface area contributed by atoms with E-state index in [9.17, 15) is 0 Å². The maximum Gasteiger partial charge on any atom is 0.295 e. The fourth-order valence-corrected chi connectivity index (χ4v) is 3.53. The van der Waals surface area contributed by atoms with Gasteiger partial charge in [-0.15, -0.1) is 0 Å². The van der Waals surface area contributed by atoms with Gasteiger partial charge >= 0.3 is 0 Å². The number of nitrogens with one attached hydrogen (secondary N) is 1. The molecule has 1 aliphatic rings. The highest BCUT2D eigenvalue weighted by molar-refractivity contribution is 8.00. The average Bonchev–Trinajstić information content (AvgIpc) is 2.94. The van der Waals surface area contributed by atoms with Gasteiger partial charge in [-0.1, -0.05) is 6.07 Å². The number of rotatable bonds is 3. The normalized spacial score (nSPS) is 23.6. The smallest absolute Gasteiger partial charge is 0.295 e. The number of fused-ring (bicyclic) bond motifs is 1. The van der Waals surface area contributed by atoms with Crippen molar-refractivity contribution in [2.75, 3.05) is 23.3 Å². The Kier molecular flexibility index (Phi) is 2.86. The summed E-state index contributed by atoms with van der Waals surface area (Å²) in [6.45, 7) is 3.17. The van der Waals surface area contributed by atoms with Crippen molar-refractivity contribution in [3.63, 3.8) is 0 Å². The molecule has 5 heteroatoms. The molecule has 1 aliphatic heterocycles. The largest absolute Gasteiger partial charge is 0.423 e. The molecule has 0 bridgehead atoms. The Hall–Kier alpha value is -1.36. The van der Waals surface area contributed by atoms with Crippen LogP contribution in [0.25, 0.3) is 11.1 Å². The minimum absolute atomic E-state index is 0.298. The Morgan fingerprint density at radius 3 is 3.17 bits per heavy atom. The van der Waals surface area contributed by atoms with E-state index in [4.69, 9.17) is 10.2 Å². The van der Waals surface area contributed by atoms with Gasteiger partial charge in [0, 0.05) is 11.3 Å². The molecule has 1 saturated heterocycles. The fraction of sp³-hybridized carbons (Fsp3) is 0.462. The van der Waals surface area contributed by atoms with E-state index in [2.05, 4.69) is 17.2 Å². The summed E-state index contributed by atoms with van der Waals surface area (Å²) in [5.41, 5.74) is 8.00. The van der Waals surface area contributed by atoms with Crippen LogP contribution in [0.15, 0.2) is 22.6 Å². The lowest BCUT2D eigenvalue weighted by molar-refractivity contribution is 0.586. The predicted octanol–water partition coefficient (Wildman–Crippen LogP) is 3.11. The van der Waals surface area contributed by atoms with Crippen LogP contribution in [0.3, 0.4) is 0 Å². The molecule has 3 N–H and O–H groups in total. The Morgan fingerprint density at radius 1 is 1.56 bits per heavy atom. The van der Waals surface area contributed by atoms with Gasteiger partial charge < -0.3 is 15.5 Å². The number of anilines is 2. The molecule has 1 atom stereocenters. The predicted molar refractivity (Wildman–Crippen MR) is 77.0 cm³/mol. The molecule has 2 aromatic rings. The molecule has 96 valence electrons. The van der Waals surface area contributed by atoms with Crippen LogP contribution in [-0.4, -0.2) is 22.0 Å². The van der Waals surface area contributed by atoms with Gasteiger partial charge in [0.1, 0.15) is 5.52 Å². The molecule has 1 aromatic heterocycles. The zero-order chi connectivity index (χ0) is 12.6. The van der Waals surface area contributed by atoms with Crippen LogP contribution in [0.5, 0.6) is 0 Å². The van der Waals surface area contributed by atoms with Gasteiger partial charge in [-0.25, -0.2) is 0 Å². The third-order valence-corrected chi connectivity index (χ3v) is 4.90. The van der Waals surface area contributed by atoms with Crippen LogP contribution in [0.4, 0.5) is 11.7 Å². The molecule has 1 aromatic carbocycles. The van der Waals surface area contributed by atoms with Crippen molar-refractivity contribution in [1.29, 1.82) is 0 Å². The third kappa shape index (κ3) is 2.14. The number of nitrogen functional groups attached to an aromatic ring is 1. The first-order valence-electron chi connectivity index (χ1n) is 6.19. The fourth-order valence-electron chi connectivity index (χ4n) is 2.28. The van der Waals surface area contributed by atoms with Crippen LogP contribution >= 0.6 is 11.8 Å². The van der Waals surface area contributed by atoms with Crippen molar-refractivity contribution in [1.82, 2.24) is 4.98 Å². The summed E-state index contributed by atoms with van der Waals surface area (Å²) >= 11 is 2.02. The van der Waals surface area contributed by atoms with Gasteiger partial charge in [0.15, 0.2) is 5.58 Å². The van der Waals surface area contributed by atoms with Crippen molar-refractivity contribution in [2.45, 2.75) is 24.5 Å². The Labute approximate surface area is 110 Å². The molecule has 2 heterocycles. The van der Waals surface area contributed by atoms with Crippen molar-refractivity contribution in [3.05, 3.63) is 18.2 Å². The summed E-state index contributed by atoms with van der Waals surface area (Å²) in [7, 11) is 0. The van der Waals surface area contributed by atoms with Crippen molar-refractivity contribution in [2.24, 2.45) is 0 Å². The molecule has 0 amide bonds. The molecule has 18 heavy (non-hydrogen) atoms. The first kappa shape index (κ1) is 11.7. The molecular formula is C13H17N3OS. The standard InChI is InChI=1S/C13H17N3OS/c1-13(6-3-7-18-13)8-15-12-16-11-9(14)4-2-5-10(11)17-12/h2,4-5H,3,6-8,14H2,1H3,(H,15,16). The molecule has 4 nitrogen and oxygen atoms in total. The highest BCUT2D eigenvalue weighted by Gasteiger charge is 2.29. The number of aromatic nitrogens is 1. The van der Waals surface area contributed by atoms with E-state index in [0.717, 1.165) is 17.6 Å². The van der Waals surface area contributed by atoms with E-state index < -0.39 is 0 Å². The van der Waals surface area contributed by atoms with E-state index in [-0.39, 0.29) is 0 Å². The monoisotopic (exact) mass is 263 g/mol. The first-order valence-corrected chi connectivity index (χ1v) is 7.18. The Morgan fingerprint density at radius 2 is 2.44 bits per heavy atom. The number of hydrogen-bond acceptors (Lipinski definition) is 5. The third-order valence-electron chi connectivity index (χ3n) is 3.36. The van der Waals surface area contributed by atoms with Crippen molar-refractivity contribution < 1.29 is 4.42 Å².